The van der Waals surface area contributed by atoms with Gasteiger partial charge in [-0.2, -0.15) is 0 Å². The van der Waals surface area contributed by atoms with E-state index >= 15 is 0 Å². The van der Waals surface area contributed by atoms with Crippen molar-refractivity contribution in [3.8, 4) is 0 Å². The molecule has 142 valence electrons. The third kappa shape index (κ3) is 5.11. The maximum Gasteiger partial charge on any atom is 0.255 e. The Hall–Kier alpha value is -3.32. The molecule has 0 aliphatic heterocycles. The Bertz CT molecular complexity index is 978. The predicted molar refractivity (Wildman–Crippen MR) is 110 cm³/mol. The fourth-order valence-electron chi connectivity index (χ4n) is 2.40. The Kier molecular flexibility index (Phi) is 6.29. The van der Waals surface area contributed by atoms with Gasteiger partial charge in [0.05, 0.1) is 0 Å². The number of nitrogens with zero attached hydrogens (tertiary/aromatic N) is 2. The van der Waals surface area contributed by atoms with E-state index in [2.05, 4.69) is 22.2 Å². The SMILES string of the molecule is C=CC(=O)NCc1ccc(C(=O)Nc2ccc(Sc3nccn3C)cc2)cc1. The van der Waals surface area contributed by atoms with Crippen LogP contribution in [0.2, 0.25) is 0 Å². The van der Waals surface area contributed by atoms with Gasteiger partial charge >= 0.3 is 0 Å². The van der Waals surface area contributed by atoms with E-state index in [1.165, 1.54) is 6.08 Å². The number of carbonyl (C=O) groups is 2. The zero-order chi connectivity index (χ0) is 19.9. The first-order chi connectivity index (χ1) is 13.5. The standard InChI is InChI=1S/C21H20N4O2S/c1-3-19(26)23-14-15-4-6-16(7-5-15)20(27)24-17-8-10-18(11-9-17)28-21-22-12-13-25(21)2/h3-13H,1,14H2,2H3,(H,23,26)(H,24,27). The van der Waals surface area contributed by atoms with Crippen LogP contribution in [-0.2, 0) is 18.4 Å². The molecule has 0 unspecified atom stereocenters. The molecule has 3 aromatic rings. The van der Waals surface area contributed by atoms with E-state index in [1.807, 2.05) is 54.2 Å². The number of nitrogens with one attached hydrogen (secondary N) is 2. The van der Waals surface area contributed by atoms with Crippen LogP contribution in [0.1, 0.15) is 15.9 Å². The molecule has 1 heterocycles. The first kappa shape index (κ1) is 19.4. The predicted octanol–water partition coefficient (Wildman–Crippen LogP) is 3.63. The van der Waals surface area contributed by atoms with Crippen molar-refractivity contribution in [3.05, 3.63) is 84.7 Å². The summed E-state index contributed by atoms with van der Waals surface area (Å²) in [5.74, 6) is -0.419. The lowest BCUT2D eigenvalue weighted by Gasteiger charge is -2.08. The minimum atomic E-state index is -0.230. The Morgan fingerprint density at radius 2 is 1.86 bits per heavy atom. The third-order valence-electron chi connectivity index (χ3n) is 3.97. The molecular formula is C21H20N4O2S. The van der Waals surface area contributed by atoms with Gasteiger partial charge in [-0.05, 0) is 48.0 Å². The first-order valence-electron chi connectivity index (χ1n) is 8.61. The summed E-state index contributed by atoms with van der Waals surface area (Å²) in [4.78, 5) is 28.9. The molecule has 28 heavy (non-hydrogen) atoms. The Morgan fingerprint density at radius 3 is 2.46 bits per heavy atom. The second kappa shape index (κ2) is 9.05. The number of carbonyl (C=O) groups excluding carboxylic acids is 2. The van der Waals surface area contributed by atoms with E-state index in [4.69, 9.17) is 0 Å². The molecule has 0 bridgehead atoms. The number of hydrogen-bond acceptors (Lipinski definition) is 4. The van der Waals surface area contributed by atoms with E-state index < -0.39 is 0 Å². The second-order valence-electron chi connectivity index (χ2n) is 6.02. The molecule has 0 radical (unpaired) electrons. The zero-order valence-corrected chi connectivity index (χ0v) is 16.2. The van der Waals surface area contributed by atoms with E-state index in [1.54, 1.807) is 30.1 Å². The number of benzene rings is 2. The van der Waals surface area contributed by atoms with Crippen LogP contribution in [0, 0.1) is 0 Å². The summed E-state index contributed by atoms with van der Waals surface area (Å²) in [6.07, 6.45) is 4.88. The smallest absolute Gasteiger partial charge is 0.255 e. The minimum absolute atomic E-state index is 0.189. The van der Waals surface area contributed by atoms with Crippen molar-refractivity contribution in [2.45, 2.75) is 16.6 Å². The maximum atomic E-state index is 12.4. The zero-order valence-electron chi connectivity index (χ0n) is 15.4. The molecule has 0 atom stereocenters. The molecule has 0 spiro atoms. The van der Waals surface area contributed by atoms with Gasteiger partial charge in [0, 0.05) is 42.1 Å². The number of hydrogen-bond donors (Lipinski definition) is 2. The molecule has 0 aliphatic rings. The molecule has 0 saturated heterocycles. The van der Waals surface area contributed by atoms with Gasteiger partial charge in [0.15, 0.2) is 5.16 Å². The van der Waals surface area contributed by atoms with E-state index in [0.717, 1.165) is 21.3 Å². The topological polar surface area (TPSA) is 76.0 Å². The van der Waals surface area contributed by atoms with Crippen LogP contribution in [0.25, 0.3) is 0 Å². The normalized spacial score (nSPS) is 10.3. The van der Waals surface area contributed by atoms with E-state index in [9.17, 15) is 9.59 Å². The summed E-state index contributed by atoms with van der Waals surface area (Å²) in [5, 5.41) is 6.48. The van der Waals surface area contributed by atoms with Crippen molar-refractivity contribution in [3.63, 3.8) is 0 Å². The van der Waals surface area contributed by atoms with Crippen molar-refractivity contribution in [2.75, 3.05) is 5.32 Å². The summed E-state index contributed by atoms with van der Waals surface area (Å²) in [7, 11) is 1.95. The summed E-state index contributed by atoms with van der Waals surface area (Å²) in [6.45, 7) is 3.80. The van der Waals surface area contributed by atoms with Crippen LogP contribution in [0.15, 0.2) is 83.6 Å². The van der Waals surface area contributed by atoms with Crippen LogP contribution in [-0.4, -0.2) is 21.4 Å². The lowest BCUT2D eigenvalue weighted by molar-refractivity contribution is -0.116. The Balaban J connectivity index is 1.57. The number of amides is 2. The van der Waals surface area contributed by atoms with E-state index in [-0.39, 0.29) is 11.8 Å². The number of rotatable bonds is 7. The molecule has 2 amide bonds. The molecule has 3 rings (SSSR count). The molecule has 6 nitrogen and oxygen atoms in total. The van der Waals surface area contributed by atoms with Gasteiger partial charge in [-0.1, -0.05) is 30.5 Å². The fraction of sp³-hybridized carbons (Fsp3) is 0.0952. The Morgan fingerprint density at radius 1 is 1.14 bits per heavy atom. The van der Waals surface area contributed by atoms with Crippen LogP contribution >= 0.6 is 11.8 Å². The number of imidazole rings is 1. The molecule has 0 fully saturated rings. The highest BCUT2D eigenvalue weighted by molar-refractivity contribution is 7.99. The average molecular weight is 392 g/mol. The highest BCUT2D eigenvalue weighted by atomic mass is 32.2. The third-order valence-corrected chi connectivity index (χ3v) is 5.05. The van der Waals surface area contributed by atoms with Crippen molar-refractivity contribution < 1.29 is 9.59 Å². The first-order valence-corrected chi connectivity index (χ1v) is 9.42. The van der Waals surface area contributed by atoms with Crippen molar-refractivity contribution >= 4 is 29.3 Å². The lowest BCUT2D eigenvalue weighted by Crippen LogP contribution is -2.20. The second-order valence-corrected chi connectivity index (χ2v) is 7.06. The lowest BCUT2D eigenvalue weighted by atomic mass is 10.1. The van der Waals surface area contributed by atoms with Crippen LogP contribution < -0.4 is 10.6 Å². The molecule has 2 aromatic carbocycles. The van der Waals surface area contributed by atoms with Crippen molar-refractivity contribution in [2.24, 2.45) is 7.05 Å². The monoisotopic (exact) mass is 392 g/mol. The van der Waals surface area contributed by atoms with Crippen LogP contribution in [0.5, 0.6) is 0 Å². The van der Waals surface area contributed by atoms with Gasteiger partial charge < -0.3 is 15.2 Å². The molecular weight excluding hydrogens is 372 g/mol. The van der Waals surface area contributed by atoms with Crippen LogP contribution in [0.3, 0.4) is 0 Å². The van der Waals surface area contributed by atoms with Gasteiger partial charge in [-0.3, -0.25) is 9.59 Å². The summed E-state index contributed by atoms with van der Waals surface area (Å²) in [5.41, 5.74) is 2.17. The fourth-order valence-corrected chi connectivity index (χ4v) is 3.20. The number of anilines is 1. The highest BCUT2D eigenvalue weighted by Crippen LogP contribution is 2.26. The van der Waals surface area contributed by atoms with Crippen LogP contribution in [0.4, 0.5) is 5.69 Å². The molecule has 1 aromatic heterocycles. The molecule has 0 aliphatic carbocycles. The number of aromatic nitrogens is 2. The molecule has 7 heteroatoms. The average Bonchev–Trinajstić information content (AvgIpc) is 3.12. The van der Waals surface area contributed by atoms with Crippen molar-refractivity contribution in [1.29, 1.82) is 0 Å². The number of aryl methyl sites for hydroxylation is 1. The van der Waals surface area contributed by atoms with Crippen molar-refractivity contribution in [1.82, 2.24) is 14.9 Å². The highest BCUT2D eigenvalue weighted by Gasteiger charge is 2.07. The maximum absolute atomic E-state index is 12.4. The minimum Gasteiger partial charge on any atom is -0.348 e. The summed E-state index contributed by atoms with van der Waals surface area (Å²) in [6, 6.07) is 14.7. The van der Waals surface area contributed by atoms with Gasteiger partial charge in [0.25, 0.3) is 5.91 Å². The van der Waals surface area contributed by atoms with Gasteiger partial charge in [-0.25, -0.2) is 4.98 Å². The summed E-state index contributed by atoms with van der Waals surface area (Å²) < 4.78 is 1.95. The van der Waals surface area contributed by atoms with E-state index in [0.29, 0.717) is 12.1 Å². The quantitative estimate of drug-likeness (QED) is 0.602. The largest absolute Gasteiger partial charge is 0.348 e. The summed E-state index contributed by atoms with van der Waals surface area (Å²) >= 11 is 1.56. The van der Waals surface area contributed by atoms with Gasteiger partial charge in [0.2, 0.25) is 5.91 Å². The Labute approximate surface area is 167 Å². The van der Waals surface area contributed by atoms with Gasteiger partial charge in [-0.15, -0.1) is 0 Å². The molecule has 2 N–H and O–H groups in total. The van der Waals surface area contributed by atoms with Gasteiger partial charge in [0.1, 0.15) is 0 Å². The molecule has 0 saturated carbocycles.